The summed E-state index contributed by atoms with van der Waals surface area (Å²) in [5.74, 6) is -0.650. The Hall–Kier alpha value is -4.74. The summed E-state index contributed by atoms with van der Waals surface area (Å²) in [5, 5.41) is 8.76. The fourth-order valence-corrected chi connectivity index (χ4v) is 6.10. The van der Waals surface area contributed by atoms with E-state index in [2.05, 4.69) is 25.8 Å². The van der Waals surface area contributed by atoms with Crippen LogP contribution in [0.2, 0.25) is 0 Å². The number of carbonyl (C=O) groups excluding carboxylic acids is 4. The van der Waals surface area contributed by atoms with Crippen LogP contribution in [0.4, 0.5) is 16.2 Å². The fraction of sp³-hybridized carbons (Fsp3) is 0.389. The van der Waals surface area contributed by atoms with Gasteiger partial charge >= 0.3 is 6.09 Å². The van der Waals surface area contributed by atoms with Crippen molar-refractivity contribution in [2.75, 3.05) is 56.4 Å². The van der Waals surface area contributed by atoms with Gasteiger partial charge in [-0.3, -0.25) is 19.7 Å². The van der Waals surface area contributed by atoms with Crippen molar-refractivity contribution >= 4 is 35.2 Å². The van der Waals surface area contributed by atoms with Crippen LogP contribution in [0.25, 0.3) is 11.1 Å². The van der Waals surface area contributed by atoms with E-state index in [1.165, 1.54) is 0 Å². The van der Waals surface area contributed by atoms with Crippen LogP contribution in [-0.4, -0.2) is 85.5 Å². The number of piperidine rings is 2. The van der Waals surface area contributed by atoms with Gasteiger partial charge in [0.2, 0.25) is 11.8 Å². The number of nitrogens with one attached hydrogen (secondary N) is 3. The summed E-state index contributed by atoms with van der Waals surface area (Å²) >= 11 is 0. The maximum Gasteiger partial charge on any atom is 0.411 e. The Balaban J connectivity index is 0.980. The van der Waals surface area contributed by atoms with Gasteiger partial charge in [0.1, 0.15) is 6.10 Å². The molecule has 5 rings (SSSR count). The van der Waals surface area contributed by atoms with E-state index < -0.39 is 6.09 Å². The molecule has 2 aliphatic heterocycles. The van der Waals surface area contributed by atoms with Gasteiger partial charge in [-0.05, 0) is 68.6 Å². The molecule has 0 atom stereocenters. The van der Waals surface area contributed by atoms with E-state index in [4.69, 9.17) is 10.5 Å². The van der Waals surface area contributed by atoms with E-state index >= 15 is 0 Å². The third kappa shape index (κ3) is 10.1. The van der Waals surface area contributed by atoms with E-state index in [-0.39, 0.29) is 29.7 Å². The van der Waals surface area contributed by atoms with Gasteiger partial charge in [0.05, 0.1) is 5.69 Å². The van der Waals surface area contributed by atoms with Gasteiger partial charge in [-0.15, -0.1) is 0 Å². The molecule has 0 radical (unpaired) electrons. The number of hydrogen-bond donors (Lipinski definition) is 4. The summed E-state index contributed by atoms with van der Waals surface area (Å²) < 4.78 is 5.74. The monoisotopic (exact) mass is 640 g/mol. The van der Waals surface area contributed by atoms with E-state index in [1.807, 2.05) is 54.6 Å². The van der Waals surface area contributed by atoms with Crippen molar-refractivity contribution in [3.63, 3.8) is 0 Å². The van der Waals surface area contributed by atoms with Crippen LogP contribution < -0.4 is 21.7 Å². The molecule has 11 heteroatoms. The third-order valence-electron chi connectivity index (χ3n) is 8.82. The van der Waals surface area contributed by atoms with Crippen molar-refractivity contribution < 1.29 is 23.9 Å². The first-order chi connectivity index (χ1) is 22.8. The van der Waals surface area contributed by atoms with Crippen LogP contribution in [0, 0.1) is 5.92 Å². The highest BCUT2D eigenvalue weighted by atomic mass is 16.6. The number of anilines is 2. The van der Waals surface area contributed by atoms with Crippen LogP contribution >= 0.6 is 0 Å². The maximum atomic E-state index is 12.8. The number of likely N-dealkylation sites (tertiary alicyclic amines) is 2. The molecule has 0 unspecified atom stereocenters. The van der Waals surface area contributed by atoms with Gasteiger partial charge in [0.25, 0.3) is 5.91 Å². The molecule has 2 saturated heterocycles. The number of primary amides is 1. The molecule has 47 heavy (non-hydrogen) atoms. The van der Waals surface area contributed by atoms with Crippen molar-refractivity contribution in [2.45, 2.75) is 38.2 Å². The molecule has 3 aromatic rings. The van der Waals surface area contributed by atoms with Gasteiger partial charge in [0, 0.05) is 61.9 Å². The molecule has 0 bridgehead atoms. The normalized spacial score (nSPS) is 16.3. The second kappa shape index (κ2) is 16.7. The van der Waals surface area contributed by atoms with Gasteiger partial charge in [-0.1, -0.05) is 54.6 Å². The number of carbonyl (C=O) groups is 4. The Bertz CT molecular complexity index is 1520. The predicted octanol–water partition coefficient (Wildman–Crippen LogP) is 4.32. The minimum absolute atomic E-state index is 0.0733. The average molecular weight is 641 g/mol. The third-order valence-corrected chi connectivity index (χ3v) is 8.82. The number of ether oxygens (including phenoxy) is 1. The molecule has 0 aromatic heterocycles. The number of para-hydroxylation sites is 1. The number of nitrogens with two attached hydrogens (primary N) is 1. The topological polar surface area (TPSA) is 146 Å². The first kappa shape index (κ1) is 33.6. The van der Waals surface area contributed by atoms with Gasteiger partial charge in [-0.2, -0.15) is 0 Å². The zero-order valence-corrected chi connectivity index (χ0v) is 26.7. The summed E-state index contributed by atoms with van der Waals surface area (Å²) in [4.78, 5) is 53.8. The van der Waals surface area contributed by atoms with Crippen molar-refractivity contribution in [1.29, 1.82) is 0 Å². The zero-order chi connectivity index (χ0) is 33.0. The summed E-state index contributed by atoms with van der Waals surface area (Å²) in [6.07, 6.45) is 2.59. The number of nitrogens with zero attached hydrogens (tertiary/aromatic N) is 2. The molecule has 248 valence electrons. The highest BCUT2D eigenvalue weighted by Crippen LogP contribution is 2.28. The summed E-state index contributed by atoms with van der Waals surface area (Å²) in [5.41, 5.74) is 9.11. The highest BCUT2D eigenvalue weighted by Gasteiger charge is 2.24. The molecule has 3 aromatic carbocycles. The Kier molecular flexibility index (Phi) is 12.0. The minimum Gasteiger partial charge on any atom is -0.446 e. The van der Waals surface area contributed by atoms with Crippen molar-refractivity contribution in [3.05, 3.63) is 84.4 Å². The molecular formula is C36H44N6O5. The molecular weight excluding hydrogens is 596 g/mol. The lowest BCUT2D eigenvalue weighted by atomic mass is 9.96. The molecule has 0 spiro atoms. The molecule has 5 N–H and O–H groups in total. The number of benzene rings is 3. The van der Waals surface area contributed by atoms with E-state index in [0.29, 0.717) is 43.0 Å². The standard InChI is InChI=1S/C36H44N6O5/c37-34(44)27-13-19-41(20-14-27)23-17-33(43)39-29-10-6-9-28(25-29)35(45)38-18-24-42-21-15-30(16-22-42)47-36(46)40-32-12-5-4-11-31(32)26-7-2-1-3-8-26/h1-12,25,27,30H,13-24H2,(H2,37,44)(H,38,45)(H,39,43)(H,40,46). The first-order valence-electron chi connectivity index (χ1n) is 16.4. The number of amides is 4. The largest absolute Gasteiger partial charge is 0.446 e. The first-order valence-corrected chi connectivity index (χ1v) is 16.4. The smallest absolute Gasteiger partial charge is 0.411 e. The van der Waals surface area contributed by atoms with E-state index in [9.17, 15) is 19.2 Å². The molecule has 0 aliphatic carbocycles. The lowest BCUT2D eigenvalue weighted by molar-refractivity contribution is -0.123. The molecule has 0 saturated carbocycles. The SMILES string of the molecule is NC(=O)C1CCN(CCC(=O)Nc2cccc(C(=O)NCCN3CCC(OC(=O)Nc4ccccc4-c4ccccc4)CC3)c2)CC1. The number of hydrogen-bond acceptors (Lipinski definition) is 7. The highest BCUT2D eigenvalue weighted by molar-refractivity contribution is 5.97. The molecule has 4 amide bonds. The molecule has 2 heterocycles. The zero-order valence-electron chi connectivity index (χ0n) is 26.7. The van der Waals surface area contributed by atoms with Crippen LogP contribution in [0.15, 0.2) is 78.9 Å². The second-order valence-corrected chi connectivity index (χ2v) is 12.1. The number of rotatable bonds is 12. The van der Waals surface area contributed by atoms with Gasteiger partial charge < -0.3 is 30.9 Å². The molecule has 2 fully saturated rings. The maximum absolute atomic E-state index is 12.8. The Labute approximate surface area is 275 Å². The van der Waals surface area contributed by atoms with Crippen molar-refractivity contribution in [2.24, 2.45) is 11.7 Å². The lowest BCUT2D eigenvalue weighted by Crippen LogP contribution is -2.42. The van der Waals surface area contributed by atoms with Crippen LogP contribution in [0.3, 0.4) is 0 Å². The van der Waals surface area contributed by atoms with Gasteiger partial charge in [0.15, 0.2) is 0 Å². The van der Waals surface area contributed by atoms with E-state index in [0.717, 1.165) is 63.0 Å². The summed E-state index contributed by atoms with van der Waals surface area (Å²) in [6, 6.07) is 24.5. The van der Waals surface area contributed by atoms with Crippen LogP contribution in [-0.2, 0) is 14.3 Å². The predicted molar refractivity (Wildman–Crippen MR) is 182 cm³/mol. The van der Waals surface area contributed by atoms with E-state index in [1.54, 1.807) is 24.3 Å². The summed E-state index contributed by atoms with van der Waals surface area (Å²) in [7, 11) is 0. The Morgan fingerprint density at radius 2 is 1.45 bits per heavy atom. The van der Waals surface area contributed by atoms with Crippen molar-refractivity contribution in [1.82, 2.24) is 15.1 Å². The van der Waals surface area contributed by atoms with Gasteiger partial charge in [-0.25, -0.2) is 4.79 Å². The Morgan fingerprint density at radius 1 is 0.766 bits per heavy atom. The molecule has 2 aliphatic rings. The average Bonchev–Trinajstić information content (AvgIpc) is 3.09. The second-order valence-electron chi connectivity index (χ2n) is 12.1. The van der Waals surface area contributed by atoms with Crippen molar-refractivity contribution in [3.8, 4) is 11.1 Å². The fourth-order valence-electron chi connectivity index (χ4n) is 6.10. The molecule has 11 nitrogen and oxygen atoms in total. The summed E-state index contributed by atoms with van der Waals surface area (Å²) in [6.45, 7) is 4.80. The Morgan fingerprint density at radius 3 is 2.19 bits per heavy atom. The van der Waals surface area contributed by atoms with Crippen LogP contribution in [0.5, 0.6) is 0 Å². The quantitative estimate of drug-likeness (QED) is 0.231. The van der Waals surface area contributed by atoms with Crippen LogP contribution in [0.1, 0.15) is 42.5 Å². The minimum atomic E-state index is -0.459. The lowest BCUT2D eigenvalue weighted by Gasteiger charge is -2.31.